The van der Waals surface area contributed by atoms with Gasteiger partial charge in [-0.15, -0.1) is 0 Å². The molecule has 1 saturated carbocycles. The molecule has 1 amide bonds. The van der Waals surface area contributed by atoms with Gasteiger partial charge < -0.3 is 10.4 Å². The van der Waals surface area contributed by atoms with E-state index in [0.717, 1.165) is 5.56 Å². The second-order valence-corrected chi connectivity index (χ2v) is 5.81. The molecule has 1 aliphatic carbocycles. The summed E-state index contributed by atoms with van der Waals surface area (Å²) in [5.41, 5.74) is 1.98. The van der Waals surface area contributed by atoms with Crippen LogP contribution in [0.1, 0.15) is 36.0 Å². The van der Waals surface area contributed by atoms with Crippen LogP contribution in [0.15, 0.2) is 12.1 Å². The molecule has 4 nitrogen and oxygen atoms in total. The Balaban J connectivity index is 1.92. The zero-order chi connectivity index (χ0) is 15.6. The van der Waals surface area contributed by atoms with Crippen LogP contribution < -0.4 is 5.32 Å². The number of hydrogen-bond donors (Lipinski definition) is 2. The quantitative estimate of drug-likeness (QED) is 0.896. The fourth-order valence-corrected chi connectivity index (χ4v) is 2.92. The van der Waals surface area contributed by atoms with Crippen molar-refractivity contribution in [1.29, 1.82) is 0 Å². The monoisotopic (exact) mass is 293 g/mol. The minimum atomic E-state index is -0.824. The van der Waals surface area contributed by atoms with Crippen molar-refractivity contribution in [2.24, 2.45) is 11.8 Å². The van der Waals surface area contributed by atoms with E-state index in [2.05, 4.69) is 5.32 Å². The van der Waals surface area contributed by atoms with Crippen LogP contribution in [0.5, 0.6) is 0 Å². The number of aryl methyl sites for hydroxylation is 2. The predicted octanol–water partition coefficient (Wildman–Crippen LogP) is 2.56. The third kappa shape index (κ3) is 3.60. The number of aliphatic carboxylic acids is 1. The number of halogens is 1. The van der Waals surface area contributed by atoms with Gasteiger partial charge in [-0.2, -0.15) is 0 Å². The number of rotatable bonds is 4. The molecule has 0 radical (unpaired) electrons. The highest BCUT2D eigenvalue weighted by molar-refractivity contribution is 5.80. The average molecular weight is 293 g/mol. The van der Waals surface area contributed by atoms with E-state index in [4.69, 9.17) is 5.11 Å². The van der Waals surface area contributed by atoms with E-state index in [-0.39, 0.29) is 17.6 Å². The Bertz CT molecular complexity index is 548. The predicted molar refractivity (Wildman–Crippen MR) is 76.2 cm³/mol. The average Bonchev–Trinajstić information content (AvgIpc) is 2.92. The van der Waals surface area contributed by atoms with E-state index < -0.39 is 11.9 Å². The van der Waals surface area contributed by atoms with Crippen molar-refractivity contribution in [2.45, 2.75) is 39.7 Å². The molecule has 5 heteroatoms. The van der Waals surface area contributed by atoms with Crippen LogP contribution in [0.3, 0.4) is 0 Å². The number of carbonyl (C=O) groups is 2. The number of hydrogen-bond acceptors (Lipinski definition) is 2. The highest BCUT2D eigenvalue weighted by atomic mass is 19.1. The summed E-state index contributed by atoms with van der Waals surface area (Å²) in [6, 6.07) is 3.44. The minimum absolute atomic E-state index is 0.113. The van der Waals surface area contributed by atoms with Gasteiger partial charge in [0.05, 0.1) is 5.92 Å². The lowest BCUT2D eigenvalue weighted by molar-refractivity contribution is -0.141. The van der Waals surface area contributed by atoms with Crippen LogP contribution in [0.25, 0.3) is 0 Å². The number of carbonyl (C=O) groups excluding carboxylic acids is 1. The summed E-state index contributed by atoms with van der Waals surface area (Å²) in [4.78, 5) is 22.9. The second kappa shape index (κ2) is 6.24. The van der Waals surface area contributed by atoms with Gasteiger partial charge in [0, 0.05) is 12.5 Å². The molecular weight excluding hydrogens is 273 g/mol. The zero-order valence-electron chi connectivity index (χ0n) is 12.3. The molecular formula is C16H20FNO3. The maximum absolute atomic E-state index is 13.5. The van der Waals surface area contributed by atoms with Gasteiger partial charge >= 0.3 is 5.97 Å². The molecule has 2 rings (SSSR count). The molecule has 0 heterocycles. The van der Waals surface area contributed by atoms with Crippen molar-refractivity contribution >= 4 is 11.9 Å². The lowest BCUT2D eigenvalue weighted by Crippen LogP contribution is -2.29. The number of nitrogens with one attached hydrogen (secondary N) is 1. The summed E-state index contributed by atoms with van der Waals surface area (Å²) < 4.78 is 13.5. The van der Waals surface area contributed by atoms with Crippen molar-refractivity contribution in [1.82, 2.24) is 5.32 Å². The molecule has 1 fully saturated rings. The van der Waals surface area contributed by atoms with Crippen molar-refractivity contribution < 1.29 is 19.1 Å². The van der Waals surface area contributed by atoms with E-state index in [1.165, 1.54) is 0 Å². The molecule has 1 aromatic carbocycles. The molecule has 0 aliphatic heterocycles. The van der Waals surface area contributed by atoms with E-state index in [1.807, 2.05) is 0 Å². The van der Waals surface area contributed by atoms with E-state index in [9.17, 15) is 14.0 Å². The van der Waals surface area contributed by atoms with Gasteiger partial charge in [-0.1, -0.05) is 12.1 Å². The van der Waals surface area contributed by atoms with Crippen molar-refractivity contribution in [2.75, 3.05) is 0 Å². The normalized spacial score (nSPS) is 21.3. The number of amides is 1. The summed E-state index contributed by atoms with van der Waals surface area (Å²) >= 11 is 0. The van der Waals surface area contributed by atoms with Crippen molar-refractivity contribution in [3.63, 3.8) is 0 Å². The Kier molecular flexibility index (Phi) is 4.60. The Morgan fingerprint density at radius 1 is 1.24 bits per heavy atom. The molecule has 1 aromatic rings. The molecule has 0 bridgehead atoms. The maximum atomic E-state index is 13.5. The van der Waals surface area contributed by atoms with Gasteiger partial charge in [-0.3, -0.25) is 9.59 Å². The lowest BCUT2D eigenvalue weighted by atomic mass is 10.0. The van der Waals surface area contributed by atoms with Gasteiger partial charge in [0.1, 0.15) is 5.82 Å². The van der Waals surface area contributed by atoms with Crippen LogP contribution in [-0.2, 0) is 16.1 Å². The molecule has 0 spiro atoms. The summed E-state index contributed by atoms with van der Waals surface area (Å²) in [5, 5.41) is 11.8. The Labute approximate surface area is 123 Å². The summed E-state index contributed by atoms with van der Waals surface area (Å²) in [7, 11) is 0. The van der Waals surface area contributed by atoms with Crippen molar-refractivity contribution in [3.8, 4) is 0 Å². The first-order chi connectivity index (χ1) is 9.88. The van der Waals surface area contributed by atoms with E-state index in [0.29, 0.717) is 36.9 Å². The topological polar surface area (TPSA) is 66.4 Å². The summed E-state index contributed by atoms with van der Waals surface area (Å²) in [6.07, 6.45) is 1.58. The van der Waals surface area contributed by atoms with Gasteiger partial charge in [0.15, 0.2) is 0 Å². The molecule has 1 aliphatic rings. The molecule has 0 aromatic heterocycles. The van der Waals surface area contributed by atoms with Crippen LogP contribution >= 0.6 is 0 Å². The van der Waals surface area contributed by atoms with Crippen LogP contribution in [0, 0.1) is 31.5 Å². The first-order valence-corrected chi connectivity index (χ1v) is 7.14. The number of carboxylic acid groups (broad SMARTS) is 1. The Morgan fingerprint density at radius 2 is 1.81 bits per heavy atom. The number of benzene rings is 1. The van der Waals surface area contributed by atoms with Gasteiger partial charge in [0.2, 0.25) is 5.91 Å². The summed E-state index contributed by atoms with van der Waals surface area (Å²) in [6.45, 7) is 3.74. The van der Waals surface area contributed by atoms with Gasteiger partial charge in [0.25, 0.3) is 0 Å². The van der Waals surface area contributed by atoms with Crippen LogP contribution in [0.4, 0.5) is 4.39 Å². The molecule has 2 atom stereocenters. The minimum Gasteiger partial charge on any atom is -0.481 e. The maximum Gasteiger partial charge on any atom is 0.306 e. The van der Waals surface area contributed by atoms with Crippen molar-refractivity contribution in [3.05, 3.63) is 34.6 Å². The standard InChI is InChI=1S/C16H20FNO3/c1-9-5-11(6-10(2)14(9)17)8-18-15(19)12-3-4-13(7-12)16(20)21/h5-6,12-13H,3-4,7-8H2,1-2H3,(H,18,19)(H,20,21). The highest BCUT2D eigenvalue weighted by Crippen LogP contribution is 2.31. The van der Waals surface area contributed by atoms with Gasteiger partial charge in [-0.05, 0) is 49.8 Å². The molecule has 2 unspecified atom stereocenters. The fourth-order valence-electron chi connectivity index (χ4n) is 2.92. The fraction of sp³-hybridized carbons (Fsp3) is 0.500. The molecule has 0 saturated heterocycles. The van der Waals surface area contributed by atoms with E-state index >= 15 is 0 Å². The third-order valence-electron chi connectivity index (χ3n) is 4.12. The smallest absolute Gasteiger partial charge is 0.306 e. The number of carboxylic acids is 1. The highest BCUT2D eigenvalue weighted by Gasteiger charge is 2.33. The summed E-state index contributed by atoms with van der Waals surface area (Å²) in [5.74, 6) is -1.79. The Hall–Kier alpha value is -1.91. The first kappa shape index (κ1) is 15.5. The Morgan fingerprint density at radius 3 is 2.33 bits per heavy atom. The SMILES string of the molecule is Cc1cc(CNC(=O)C2CCC(C(=O)O)C2)cc(C)c1F. The second-order valence-electron chi connectivity index (χ2n) is 5.81. The first-order valence-electron chi connectivity index (χ1n) is 7.14. The molecule has 21 heavy (non-hydrogen) atoms. The van der Waals surface area contributed by atoms with Crippen LogP contribution in [-0.4, -0.2) is 17.0 Å². The third-order valence-corrected chi connectivity index (χ3v) is 4.12. The van der Waals surface area contributed by atoms with E-state index in [1.54, 1.807) is 26.0 Å². The van der Waals surface area contributed by atoms with Crippen LogP contribution in [0.2, 0.25) is 0 Å². The lowest BCUT2D eigenvalue weighted by Gasteiger charge is -2.12. The molecule has 2 N–H and O–H groups in total. The molecule has 114 valence electrons. The zero-order valence-corrected chi connectivity index (χ0v) is 12.3. The van der Waals surface area contributed by atoms with Gasteiger partial charge in [-0.25, -0.2) is 4.39 Å². The largest absolute Gasteiger partial charge is 0.481 e.